The summed E-state index contributed by atoms with van der Waals surface area (Å²) in [5.41, 5.74) is 1.14. The standard InChI is InChI=1S/C20H32N4O3/c1-5-22(14-19(25)21-16(2)3)15-20(26)24-12-10-23(11-13-24)17-6-8-18(27-4)9-7-17/h6-9,16H,5,10-15H2,1-4H3,(H,21,25). The molecule has 0 radical (unpaired) electrons. The third kappa shape index (κ3) is 6.43. The fraction of sp³-hybridized carbons (Fsp3) is 0.600. The number of ether oxygens (including phenoxy) is 1. The van der Waals surface area contributed by atoms with E-state index in [1.807, 2.05) is 54.8 Å². The van der Waals surface area contributed by atoms with Gasteiger partial charge in [0.2, 0.25) is 11.8 Å². The fourth-order valence-corrected chi connectivity index (χ4v) is 3.15. The summed E-state index contributed by atoms with van der Waals surface area (Å²) in [6, 6.07) is 8.10. The van der Waals surface area contributed by atoms with E-state index in [-0.39, 0.29) is 30.9 Å². The van der Waals surface area contributed by atoms with E-state index < -0.39 is 0 Å². The van der Waals surface area contributed by atoms with Crippen LogP contribution in [0.15, 0.2) is 24.3 Å². The molecule has 1 aromatic carbocycles. The van der Waals surface area contributed by atoms with Crippen LogP contribution in [0.4, 0.5) is 5.69 Å². The molecule has 1 aliphatic heterocycles. The SMILES string of the molecule is CCN(CC(=O)NC(C)C)CC(=O)N1CCN(c2ccc(OC)cc2)CC1. The molecule has 1 heterocycles. The van der Waals surface area contributed by atoms with Crippen molar-refractivity contribution in [3.8, 4) is 5.75 Å². The third-order valence-corrected chi connectivity index (χ3v) is 4.69. The van der Waals surface area contributed by atoms with E-state index >= 15 is 0 Å². The van der Waals surface area contributed by atoms with Gasteiger partial charge in [-0.3, -0.25) is 14.5 Å². The molecule has 2 amide bonds. The zero-order valence-corrected chi connectivity index (χ0v) is 16.9. The van der Waals surface area contributed by atoms with Crippen molar-refractivity contribution in [1.82, 2.24) is 15.1 Å². The van der Waals surface area contributed by atoms with Gasteiger partial charge < -0.3 is 19.9 Å². The Labute approximate surface area is 162 Å². The van der Waals surface area contributed by atoms with Gasteiger partial charge in [0, 0.05) is 37.9 Å². The number of carbonyl (C=O) groups is 2. The number of amides is 2. The summed E-state index contributed by atoms with van der Waals surface area (Å²) in [4.78, 5) is 30.6. The van der Waals surface area contributed by atoms with E-state index in [1.165, 1.54) is 0 Å². The Morgan fingerprint density at radius 3 is 2.26 bits per heavy atom. The Balaban J connectivity index is 1.81. The van der Waals surface area contributed by atoms with E-state index in [0.717, 1.165) is 24.5 Å². The number of benzene rings is 1. The maximum absolute atomic E-state index is 12.6. The quantitative estimate of drug-likeness (QED) is 0.738. The molecule has 0 atom stereocenters. The Hall–Kier alpha value is -2.28. The summed E-state index contributed by atoms with van der Waals surface area (Å²) in [6.45, 7) is 10.0. The smallest absolute Gasteiger partial charge is 0.236 e. The number of rotatable bonds is 8. The molecule has 7 heteroatoms. The molecule has 0 saturated carbocycles. The molecule has 27 heavy (non-hydrogen) atoms. The molecule has 0 aliphatic carbocycles. The van der Waals surface area contributed by atoms with Crippen LogP contribution < -0.4 is 15.0 Å². The van der Waals surface area contributed by atoms with Crippen LogP contribution in [0.25, 0.3) is 0 Å². The van der Waals surface area contributed by atoms with Crippen LogP contribution >= 0.6 is 0 Å². The van der Waals surface area contributed by atoms with Gasteiger partial charge >= 0.3 is 0 Å². The first-order valence-corrected chi connectivity index (χ1v) is 9.61. The first-order valence-electron chi connectivity index (χ1n) is 9.61. The maximum atomic E-state index is 12.6. The molecule has 150 valence electrons. The van der Waals surface area contributed by atoms with Gasteiger partial charge in [-0.1, -0.05) is 6.92 Å². The van der Waals surface area contributed by atoms with Gasteiger partial charge in [-0.15, -0.1) is 0 Å². The highest BCUT2D eigenvalue weighted by molar-refractivity contribution is 5.81. The number of hydrogen-bond acceptors (Lipinski definition) is 5. The Morgan fingerprint density at radius 2 is 1.74 bits per heavy atom. The summed E-state index contributed by atoms with van der Waals surface area (Å²) in [6.07, 6.45) is 0. The average molecular weight is 377 g/mol. The molecule has 0 aromatic heterocycles. The van der Waals surface area contributed by atoms with Crippen LogP contribution in [0.2, 0.25) is 0 Å². The van der Waals surface area contributed by atoms with Gasteiger partial charge in [-0.25, -0.2) is 0 Å². The summed E-state index contributed by atoms with van der Waals surface area (Å²) >= 11 is 0. The van der Waals surface area contributed by atoms with Gasteiger partial charge in [0.05, 0.1) is 20.2 Å². The van der Waals surface area contributed by atoms with E-state index in [4.69, 9.17) is 4.74 Å². The highest BCUT2D eigenvalue weighted by atomic mass is 16.5. The van der Waals surface area contributed by atoms with Crippen molar-refractivity contribution in [2.45, 2.75) is 26.8 Å². The summed E-state index contributed by atoms with van der Waals surface area (Å²) in [5, 5.41) is 2.87. The maximum Gasteiger partial charge on any atom is 0.236 e. The molecule has 1 aliphatic rings. The van der Waals surface area contributed by atoms with Gasteiger partial charge in [-0.2, -0.15) is 0 Å². The zero-order chi connectivity index (χ0) is 19.8. The second-order valence-electron chi connectivity index (χ2n) is 7.09. The number of piperazine rings is 1. The Morgan fingerprint density at radius 1 is 1.11 bits per heavy atom. The van der Waals surface area contributed by atoms with Crippen LogP contribution in [-0.4, -0.2) is 80.6 Å². The minimum absolute atomic E-state index is 0.0380. The summed E-state index contributed by atoms with van der Waals surface area (Å²) in [7, 11) is 1.66. The number of carbonyl (C=O) groups excluding carboxylic acids is 2. The molecule has 1 saturated heterocycles. The number of hydrogen-bond donors (Lipinski definition) is 1. The van der Waals surface area contributed by atoms with Crippen molar-refractivity contribution in [3.63, 3.8) is 0 Å². The molecule has 1 N–H and O–H groups in total. The Bertz CT molecular complexity index is 610. The number of nitrogens with one attached hydrogen (secondary N) is 1. The second kappa shape index (κ2) is 10.2. The van der Waals surface area contributed by atoms with Crippen LogP contribution in [0.1, 0.15) is 20.8 Å². The van der Waals surface area contributed by atoms with Crippen LogP contribution in [0.3, 0.4) is 0 Å². The molecule has 2 rings (SSSR count). The van der Waals surface area contributed by atoms with Crippen molar-refractivity contribution >= 4 is 17.5 Å². The lowest BCUT2D eigenvalue weighted by atomic mass is 10.2. The number of nitrogens with zero attached hydrogens (tertiary/aromatic N) is 3. The normalized spacial score (nSPS) is 14.6. The number of methoxy groups -OCH3 is 1. The first kappa shape index (κ1) is 21.0. The zero-order valence-electron chi connectivity index (χ0n) is 16.9. The predicted molar refractivity (Wildman–Crippen MR) is 107 cm³/mol. The highest BCUT2D eigenvalue weighted by Crippen LogP contribution is 2.20. The number of anilines is 1. The largest absolute Gasteiger partial charge is 0.497 e. The lowest BCUT2D eigenvalue weighted by Gasteiger charge is -2.37. The van der Waals surface area contributed by atoms with Gasteiger partial charge in [0.15, 0.2) is 0 Å². The topological polar surface area (TPSA) is 65.1 Å². The predicted octanol–water partition coefficient (Wildman–Crippen LogP) is 1.19. The van der Waals surface area contributed by atoms with Crippen LogP contribution in [-0.2, 0) is 9.59 Å². The lowest BCUT2D eigenvalue weighted by molar-refractivity contribution is -0.133. The highest BCUT2D eigenvalue weighted by Gasteiger charge is 2.23. The monoisotopic (exact) mass is 376 g/mol. The fourth-order valence-electron chi connectivity index (χ4n) is 3.15. The minimum atomic E-state index is -0.0380. The van der Waals surface area contributed by atoms with Crippen molar-refractivity contribution in [1.29, 1.82) is 0 Å². The van der Waals surface area contributed by atoms with Crippen molar-refractivity contribution in [2.24, 2.45) is 0 Å². The van der Waals surface area contributed by atoms with Gasteiger partial charge in [0.25, 0.3) is 0 Å². The molecule has 1 fully saturated rings. The van der Waals surface area contributed by atoms with Crippen LogP contribution in [0, 0.1) is 0 Å². The van der Waals surface area contributed by atoms with E-state index in [0.29, 0.717) is 19.6 Å². The summed E-state index contributed by atoms with van der Waals surface area (Å²) in [5.74, 6) is 0.890. The van der Waals surface area contributed by atoms with Crippen molar-refractivity contribution in [2.75, 3.05) is 57.8 Å². The molecule has 0 bridgehead atoms. The molecular formula is C20H32N4O3. The molecule has 0 spiro atoms. The lowest BCUT2D eigenvalue weighted by Crippen LogP contribution is -2.52. The first-order chi connectivity index (χ1) is 12.9. The van der Waals surface area contributed by atoms with E-state index in [1.54, 1.807) is 7.11 Å². The molecule has 1 aromatic rings. The molecular weight excluding hydrogens is 344 g/mol. The van der Waals surface area contributed by atoms with Crippen molar-refractivity contribution in [3.05, 3.63) is 24.3 Å². The van der Waals surface area contributed by atoms with Crippen molar-refractivity contribution < 1.29 is 14.3 Å². The number of likely N-dealkylation sites (N-methyl/N-ethyl adjacent to an activating group) is 1. The molecule has 7 nitrogen and oxygen atoms in total. The Kier molecular flexibility index (Phi) is 7.91. The summed E-state index contributed by atoms with van der Waals surface area (Å²) < 4.78 is 5.20. The minimum Gasteiger partial charge on any atom is -0.497 e. The van der Waals surface area contributed by atoms with Gasteiger partial charge in [0.1, 0.15) is 5.75 Å². The van der Waals surface area contributed by atoms with Gasteiger partial charge in [-0.05, 0) is 44.7 Å². The van der Waals surface area contributed by atoms with E-state index in [9.17, 15) is 9.59 Å². The third-order valence-electron chi connectivity index (χ3n) is 4.69. The molecule has 0 unspecified atom stereocenters. The second-order valence-corrected chi connectivity index (χ2v) is 7.09. The van der Waals surface area contributed by atoms with E-state index in [2.05, 4.69) is 10.2 Å². The van der Waals surface area contributed by atoms with Crippen LogP contribution in [0.5, 0.6) is 5.75 Å². The average Bonchev–Trinajstić information content (AvgIpc) is 2.67.